The molecule has 3 aromatic rings. The van der Waals surface area contributed by atoms with Crippen LogP contribution in [0.2, 0.25) is 0 Å². The molecule has 0 fully saturated rings. The fraction of sp³-hybridized carbons (Fsp3) is 0.167. The highest BCUT2D eigenvalue weighted by molar-refractivity contribution is 6.03. The first-order valence-electron chi connectivity index (χ1n) is 7.79. The molecule has 2 aromatic heterocycles. The van der Waals surface area contributed by atoms with E-state index >= 15 is 0 Å². The zero-order valence-electron chi connectivity index (χ0n) is 14.6. The molecule has 0 radical (unpaired) electrons. The SMILES string of the molecule is COc1ccc(NC(=O)c2cc(Nc3cc(C)on3)ccn2)cc1OC. The number of ether oxygens (including phenoxy) is 2. The zero-order chi connectivity index (χ0) is 18.5. The molecule has 0 saturated heterocycles. The van der Waals surface area contributed by atoms with E-state index in [1.807, 2.05) is 0 Å². The van der Waals surface area contributed by atoms with Crippen LogP contribution >= 0.6 is 0 Å². The van der Waals surface area contributed by atoms with Gasteiger partial charge in [0.25, 0.3) is 5.91 Å². The largest absolute Gasteiger partial charge is 0.493 e. The van der Waals surface area contributed by atoms with Crippen LogP contribution in [0.25, 0.3) is 0 Å². The van der Waals surface area contributed by atoms with E-state index in [1.165, 1.54) is 7.11 Å². The van der Waals surface area contributed by atoms with Crippen molar-refractivity contribution >= 4 is 23.1 Å². The van der Waals surface area contributed by atoms with Gasteiger partial charge in [-0.2, -0.15) is 0 Å². The number of methoxy groups -OCH3 is 2. The molecule has 0 saturated carbocycles. The van der Waals surface area contributed by atoms with Crippen LogP contribution in [0.15, 0.2) is 47.1 Å². The third-order valence-corrected chi connectivity index (χ3v) is 3.53. The lowest BCUT2D eigenvalue weighted by Crippen LogP contribution is -2.14. The van der Waals surface area contributed by atoms with Crippen molar-refractivity contribution in [2.24, 2.45) is 0 Å². The van der Waals surface area contributed by atoms with E-state index in [1.54, 1.807) is 56.6 Å². The first-order valence-corrected chi connectivity index (χ1v) is 7.79. The lowest BCUT2D eigenvalue weighted by Gasteiger charge is -2.11. The van der Waals surface area contributed by atoms with Gasteiger partial charge in [0.15, 0.2) is 17.3 Å². The quantitative estimate of drug-likeness (QED) is 0.700. The van der Waals surface area contributed by atoms with Crippen molar-refractivity contribution in [1.29, 1.82) is 0 Å². The lowest BCUT2D eigenvalue weighted by molar-refractivity contribution is 0.102. The minimum atomic E-state index is -0.350. The lowest BCUT2D eigenvalue weighted by atomic mass is 10.2. The number of nitrogens with zero attached hydrogens (tertiary/aromatic N) is 2. The molecule has 8 heteroatoms. The van der Waals surface area contributed by atoms with Crippen molar-refractivity contribution in [2.45, 2.75) is 6.92 Å². The zero-order valence-corrected chi connectivity index (χ0v) is 14.6. The van der Waals surface area contributed by atoms with Gasteiger partial charge < -0.3 is 24.6 Å². The van der Waals surface area contributed by atoms with Crippen LogP contribution in [0.1, 0.15) is 16.2 Å². The Morgan fingerprint density at radius 2 is 1.85 bits per heavy atom. The summed E-state index contributed by atoms with van der Waals surface area (Å²) in [6.07, 6.45) is 1.54. The Bertz CT molecular complexity index is 923. The van der Waals surface area contributed by atoms with Crippen molar-refractivity contribution in [1.82, 2.24) is 10.1 Å². The van der Waals surface area contributed by atoms with Gasteiger partial charge in [0, 0.05) is 29.7 Å². The topological polar surface area (TPSA) is 98.5 Å². The van der Waals surface area contributed by atoms with Gasteiger partial charge >= 0.3 is 0 Å². The molecule has 0 atom stereocenters. The molecule has 26 heavy (non-hydrogen) atoms. The molecular weight excluding hydrogens is 336 g/mol. The second kappa shape index (κ2) is 7.56. The Labute approximate surface area is 150 Å². The molecule has 0 aliphatic carbocycles. The van der Waals surface area contributed by atoms with Crippen LogP contribution in [0.4, 0.5) is 17.2 Å². The highest BCUT2D eigenvalue weighted by atomic mass is 16.5. The molecule has 0 unspecified atom stereocenters. The van der Waals surface area contributed by atoms with Gasteiger partial charge in [-0.1, -0.05) is 5.16 Å². The van der Waals surface area contributed by atoms with Gasteiger partial charge in [0.05, 0.1) is 14.2 Å². The minimum Gasteiger partial charge on any atom is -0.493 e. The molecular formula is C18H18N4O4. The van der Waals surface area contributed by atoms with Crippen molar-refractivity contribution in [3.8, 4) is 11.5 Å². The van der Waals surface area contributed by atoms with E-state index in [9.17, 15) is 4.79 Å². The number of hydrogen-bond acceptors (Lipinski definition) is 7. The molecule has 1 amide bonds. The average molecular weight is 354 g/mol. The van der Waals surface area contributed by atoms with Crippen molar-refractivity contribution in [3.63, 3.8) is 0 Å². The number of hydrogen-bond donors (Lipinski definition) is 2. The fourth-order valence-electron chi connectivity index (χ4n) is 2.31. The number of pyridine rings is 1. The summed E-state index contributed by atoms with van der Waals surface area (Å²) in [5.74, 6) is 2.00. The number of nitrogens with one attached hydrogen (secondary N) is 2. The Morgan fingerprint density at radius 1 is 1.04 bits per heavy atom. The molecule has 0 aliphatic rings. The number of anilines is 3. The molecule has 0 aliphatic heterocycles. The summed E-state index contributed by atoms with van der Waals surface area (Å²) in [5, 5.41) is 9.69. The second-order valence-corrected chi connectivity index (χ2v) is 5.40. The van der Waals surface area contributed by atoms with Crippen molar-refractivity contribution in [2.75, 3.05) is 24.9 Å². The Kier molecular flexibility index (Phi) is 5.02. The molecule has 8 nitrogen and oxygen atoms in total. The summed E-state index contributed by atoms with van der Waals surface area (Å²) in [6, 6.07) is 10.2. The van der Waals surface area contributed by atoms with Crippen LogP contribution in [-0.2, 0) is 0 Å². The number of rotatable bonds is 6. The molecule has 0 spiro atoms. The van der Waals surface area contributed by atoms with Gasteiger partial charge in [0.2, 0.25) is 0 Å². The third kappa shape index (κ3) is 3.92. The van der Waals surface area contributed by atoms with Gasteiger partial charge in [-0.05, 0) is 31.2 Å². The predicted molar refractivity (Wildman–Crippen MR) is 96.3 cm³/mol. The summed E-state index contributed by atoms with van der Waals surface area (Å²) in [5.41, 5.74) is 1.50. The van der Waals surface area contributed by atoms with Gasteiger partial charge in [-0.25, -0.2) is 0 Å². The standard InChI is InChI=1S/C18H18N4O4/c1-11-8-17(22-26-11)20-13-6-7-19-14(9-13)18(23)21-12-4-5-15(24-2)16(10-12)25-3/h4-10H,1-3H3,(H,21,23)(H,19,20,22). The summed E-state index contributed by atoms with van der Waals surface area (Å²) in [4.78, 5) is 16.6. The van der Waals surface area contributed by atoms with Crippen molar-refractivity contribution in [3.05, 3.63) is 54.0 Å². The van der Waals surface area contributed by atoms with Gasteiger partial charge in [0.1, 0.15) is 11.5 Å². The van der Waals surface area contributed by atoms with E-state index < -0.39 is 0 Å². The van der Waals surface area contributed by atoms with Crippen LogP contribution in [-0.4, -0.2) is 30.3 Å². The number of carbonyl (C=O) groups is 1. The van der Waals surface area contributed by atoms with Crippen LogP contribution < -0.4 is 20.1 Å². The maximum Gasteiger partial charge on any atom is 0.274 e. The number of amides is 1. The van der Waals surface area contributed by atoms with E-state index in [4.69, 9.17) is 14.0 Å². The molecule has 1 aromatic carbocycles. The number of aromatic nitrogens is 2. The fourth-order valence-corrected chi connectivity index (χ4v) is 2.31. The third-order valence-electron chi connectivity index (χ3n) is 3.53. The first kappa shape index (κ1) is 17.3. The molecule has 3 rings (SSSR count). The van der Waals surface area contributed by atoms with Gasteiger partial charge in [-0.15, -0.1) is 0 Å². The van der Waals surface area contributed by atoms with E-state index in [0.29, 0.717) is 34.5 Å². The summed E-state index contributed by atoms with van der Waals surface area (Å²) < 4.78 is 15.4. The van der Waals surface area contributed by atoms with E-state index in [-0.39, 0.29) is 11.6 Å². The van der Waals surface area contributed by atoms with Crippen LogP contribution in [0.3, 0.4) is 0 Å². The normalized spacial score (nSPS) is 10.3. The van der Waals surface area contributed by atoms with Crippen LogP contribution in [0.5, 0.6) is 11.5 Å². The van der Waals surface area contributed by atoms with E-state index in [2.05, 4.69) is 20.8 Å². The van der Waals surface area contributed by atoms with Crippen LogP contribution in [0, 0.1) is 6.92 Å². The smallest absolute Gasteiger partial charge is 0.274 e. The summed E-state index contributed by atoms with van der Waals surface area (Å²) >= 11 is 0. The first-order chi connectivity index (χ1) is 12.6. The van der Waals surface area contributed by atoms with E-state index in [0.717, 1.165) is 0 Å². The highest BCUT2D eigenvalue weighted by Gasteiger charge is 2.11. The molecule has 2 heterocycles. The Hall–Kier alpha value is -3.55. The summed E-state index contributed by atoms with van der Waals surface area (Å²) in [7, 11) is 3.08. The monoisotopic (exact) mass is 354 g/mol. The molecule has 134 valence electrons. The second-order valence-electron chi connectivity index (χ2n) is 5.40. The van der Waals surface area contributed by atoms with Crippen molar-refractivity contribution < 1.29 is 18.8 Å². The summed E-state index contributed by atoms with van der Waals surface area (Å²) in [6.45, 7) is 1.80. The molecule has 0 bridgehead atoms. The maximum atomic E-state index is 12.5. The van der Waals surface area contributed by atoms with Gasteiger partial charge in [-0.3, -0.25) is 9.78 Å². The number of aryl methyl sites for hydroxylation is 1. The number of benzene rings is 1. The number of carbonyl (C=O) groups excluding carboxylic acids is 1. The maximum absolute atomic E-state index is 12.5. The highest BCUT2D eigenvalue weighted by Crippen LogP contribution is 2.30. The average Bonchev–Trinajstić information content (AvgIpc) is 3.06. The minimum absolute atomic E-state index is 0.255. The molecule has 2 N–H and O–H groups in total. The Morgan fingerprint density at radius 3 is 2.54 bits per heavy atom. The Balaban J connectivity index is 1.74. The predicted octanol–water partition coefficient (Wildman–Crippen LogP) is 3.39.